The summed E-state index contributed by atoms with van der Waals surface area (Å²) < 4.78 is 27.2. The third-order valence-corrected chi connectivity index (χ3v) is 15.6. The number of hydrogen-bond acceptors (Lipinski definition) is 10. The topological polar surface area (TPSA) is 95.0 Å². The molecule has 338 valence electrons. The van der Waals surface area contributed by atoms with E-state index in [1.807, 2.05) is 54.9 Å². The fourth-order valence-electron chi connectivity index (χ4n) is 12.1. The van der Waals surface area contributed by atoms with Gasteiger partial charge in [0, 0.05) is 52.9 Å². The second-order valence-electron chi connectivity index (χ2n) is 18.9. The average Bonchev–Trinajstić information content (AvgIpc) is 3.39. The van der Waals surface area contributed by atoms with Gasteiger partial charge in [0.15, 0.2) is 5.82 Å². The van der Waals surface area contributed by atoms with E-state index in [-0.39, 0.29) is 12.1 Å². The zero-order chi connectivity index (χ0) is 44.7. The summed E-state index contributed by atoms with van der Waals surface area (Å²) in [6.45, 7) is 8.88. The number of ether oxygens (including phenoxy) is 4. The first-order valence-corrected chi connectivity index (χ1v) is 24.2. The molecule has 0 N–H and O–H groups in total. The van der Waals surface area contributed by atoms with Crippen molar-refractivity contribution in [1.82, 2.24) is 29.7 Å². The molecule has 3 aromatic heterocycles. The summed E-state index contributed by atoms with van der Waals surface area (Å²) in [6.07, 6.45) is 9.90. The highest BCUT2D eigenvalue weighted by Gasteiger charge is 2.47. The predicted octanol–water partition coefficient (Wildman–Crippen LogP) is 11.4. The Kier molecular flexibility index (Phi) is 11.8. The van der Waals surface area contributed by atoms with Gasteiger partial charge in [0.05, 0.1) is 37.3 Å². The van der Waals surface area contributed by atoms with Gasteiger partial charge in [0.2, 0.25) is 11.8 Å². The minimum atomic E-state index is -0.393. The lowest BCUT2D eigenvalue weighted by atomic mass is 9.72. The Morgan fingerprint density at radius 1 is 0.576 bits per heavy atom. The van der Waals surface area contributed by atoms with Crippen LogP contribution in [0.3, 0.4) is 0 Å². The summed E-state index contributed by atoms with van der Waals surface area (Å²) >= 11 is 0. The molecule has 9 heterocycles. The molecule has 0 amide bonds. The molecule has 4 aromatic carbocycles. The fourth-order valence-corrected chi connectivity index (χ4v) is 12.1. The van der Waals surface area contributed by atoms with Gasteiger partial charge in [-0.1, -0.05) is 87.4 Å². The molecule has 6 aliphatic rings. The van der Waals surface area contributed by atoms with E-state index in [1.165, 1.54) is 25.7 Å². The van der Waals surface area contributed by atoms with Gasteiger partial charge in [0.1, 0.15) is 29.3 Å². The zero-order valence-corrected chi connectivity index (χ0v) is 38.6. The van der Waals surface area contributed by atoms with Gasteiger partial charge in [-0.25, -0.2) is 0 Å². The smallest absolute Gasteiger partial charge is 0.229 e. The lowest BCUT2D eigenvalue weighted by Crippen LogP contribution is -2.56. The molecule has 7 aromatic rings. The summed E-state index contributed by atoms with van der Waals surface area (Å²) in [7, 11) is 3.44. The van der Waals surface area contributed by atoms with E-state index in [1.54, 1.807) is 14.2 Å². The second-order valence-corrected chi connectivity index (χ2v) is 18.9. The third-order valence-electron chi connectivity index (χ3n) is 15.6. The van der Waals surface area contributed by atoms with Crippen LogP contribution >= 0.6 is 0 Å². The van der Waals surface area contributed by atoms with Gasteiger partial charge < -0.3 is 18.9 Å². The Bertz CT molecular complexity index is 2680. The average molecular weight is 881 g/mol. The van der Waals surface area contributed by atoms with Crippen LogP contribution in [0.2, 0.25) is 0 Å². The predicted molar refractivity (Wildman–Crippen MR) is 260 cm³/mol. The van der Waals surface area contributed by atoms with Crippen LogP contribution in [0.4, 0.5) is 0 Å². The molecule has 6 aliphatic heterocycles. The number of fused-ring (bicyclic) bond motifs is 8. The zero-order valence-electron chi connectivity index (χ0n) is 38.6. The number of aromatic nitrogens is 4. The van der Waals surface area contributed by atoms with Crippen molar-refractivity contribution in [2.24, 2.45) is 23.7 Å². The van der Waals surface area contributed by atoms with Crippen LogP contribution < -0.4 is 18.9 Å². The summed E-state index contributed by atoms with van der Waals surface area (Å²) in [5.41, 5.74) is 6.48. The largest absolute Gasteiger partial charge is 0.497 e. The van der Waals surface area contributed by atoms with Crippen LogP contribution in [0, 0.1) is 23.7 Å². The Morgan fingerprint density at radius 3 is 1.47 bits per heavy atom. The Balaban J connectivity index is 1.13. The fraction of sp³-hybridized carbons (Fsp3) is 0.393. The number of rotatable bonds is 14. The van der Waals surface area contributed by atoms with Crippen LogP contribution in [0.25, 0.3) is 44.3 Å². The van der Waals surface area contributed by atoms with Crippen molar-refractivity contribution in [2.45, 2.75) is 76.7 Å². The van der Waals surface area contributed by atoms with Gasteiger partial charge in [-0.2, -0.15) is 9.97 Å². The Labute approximate surface area is 388 Å². The molecule has 66 heavy (non-hydrogen) atoms. The van der Waals surface area contributed by atoms with E-state index >= 15 is 0 Å². The van der Waals surface area contributed by atoms with Crippen molar-refractivity contribution in [3.8, 4) is 45.8 Å². The van der Waals surface area contributed by atoms with Crippen LogP contribution in [0.5, 0.6) is 23.3 Å². The van der Waals surface area contributed by atoms with E-state index in [9.17, 15) is 0 Å². The molecular formula is C56H60N6O4. The molecule has 0 saturated carbocycles. The molecule has 10 heteroatoms. The second kappa shape index (κ2) is 18.3. The lowest BCUT2D eigenvalue weighted by Gasteiger charge is -2.52. The summed E-state index contributed by atoms with van der Waals surface area (Å²) in [6, 6.07) is 37.4. The molecule has 6 saturated heterocycles. The van der Waals surface area contributed by atoms with Crippen molar-refractivity contribution in [1.29, 1.82) is 0 Å². The van der Waals surface area contributed by atoms with Gasteiger partial charge >= 0.3 is 0 Å². The van der Waals surface area contributed by atoms with Crippen molar-refractivity contribution < 1.29 is 18.9 Å². The number of benzene rings is 4. The lowest BCUT2D eigenvalue weighted by molar-refractivity contribution is -0.0510. The number of pyridine rings is 2. The third kappa shape index (κ3) is 7.91. The molecule has 2 unspecified atom stereocenters. The Morgan fingerprint density at radius 2 is 1.05 bits per heavy atom. The van der Waals surface area contributed by atoms with Crippen molar-refractivity contribution in [2.75, 3.05) is 40.4 Å². The Hall–Kier alpha value is -6.10. The minimum absolute atomic E-state index is 0.106. The molecule has 0 radical (unpaired) electrons. The number of methoxy groups -OCH3 is 2. The molecular weight excluding hydrogens is 821 g/mol. The molecule has 10 nitrogen and oxygen atoms in total. The van der Waals surface area contributed by atoms with Crippen molar-refractivity contribution >= 4 is 21.8 Å². The first-order chi connectivity index (χ1) is 32.5. The maximum Gasteiger partial charge on any atom is 0.229 e. The van der Waals surface area contributed by atoms with E-state index in [4.69, 9.17) is 38.9 Å². The van der Waals surface area contributed by atoms with Crippen LogP contribution in [0.1, 0.15) is 75.7 Å². The number of hydrogen-bond donors (Lipinski definition) is 0. The van der Waals surface area contributed by atoms with Crippen LogP contribution in [0.15, 0.2) is 122 Å². The monoisotopic (exact) mass is 880 g/mol. The minimum Gasteiger partial charge on any atom is -0.497 e. The quantitative estimate of drug-likeness (QED) is 0.105. The van der Waals surface area contributed by atoms with E-state index in [0.29, 0.717) is 41.3 Å². The molecule has 0 aliphatic carbocycles. The maximum absolute atomic E-state index is 7.76. The van der Waals surface area contributed by atoms with Crippen molar-refractivity contribution in [3.63, 3.8) is 0 Å². The van der Waals surface area contributed by atoms with E-state index in [2.05, 4.69) is 90.4 Å². The highest BCUT2D eigenvalue weighted by Crippen LogP contribution is 2.50. The van der Waals surface area contributed by atoms with E-state index in [0.717, 1.165) is 100 Å². The van der Waals surface area contributed by atoms with Gasteiger partial charge in [-0.15, -0.1) is 0 Å². The van der Waals surface area contributed by atoms with Crippen LogP contribution in [-0.2, 0) is 0 Å². The SMILES string of the molecule is CC[C@H]1CN2CC[C@H]1C[C@@H]2[C@H](Oc1nc(-c2ccccc2)nc(O[C@H](c2ccnc3ccc(OC)cc23)[C@H]2C[C@@H]3CCN2C[C@@H]3CC)c1-c1ccccc1)c1ccnc2ccc(OC)cc12. The highest BCUT2D eigenvalue weighted by atomic mass is 16.5. The number of piperidine rings is 6. The van der Waals surface area contributed by atoms with Gasteiger partial charge in [-0.3, -0.25) is 19.8 Å². The standard InChI is InChI=1S/C56H60N6O4/c1-5-35-33-61-27-23-39(35)29-49(61)52(43-21-25-57-47-19-17-41(63-3)31-45(43)47)65-55-51(37-13-9-7-10-14-37)56(60-54(59-55)38-15-11-8-12-16-38)66-53(50-30-40-24-28-62(50)34-36(40)6-2)44-22-26-58-48-20-18-42(64-4)32-46(44)48/h7-22,25-26,31-32,35-36,39-40,49-50,52-53H,5-6,23-24,27-30,33-34H2,1-4H3/t35-,36-,39-,40-,49+,50+,52+,53+/m0/s1. The molecule has 4 bridgehead atoms. The van der Waals surface area contributed by atoms with Gasteiger partial charge in [0.25, 0.3) is 0 Å². The maximum atomic E-state index is 7.76. The molecule has 13 rings (SSSR count). The first-order valence-electron chi connectivity index (χ1n) is 24.2. The van der Waals surface area contributed by atoms with Crippen molar-refractivity contribution in [3.05, 3.63) is 133 Å². The molecule has 10 atom stereocenters. The molecule has 0 spiro atoms. The summed E-state index contributed by atoms with van der Waals surface area (Å²) in [4.78, 5) is 26.0. The molecule has 6 fully saturated rings. The van der Waals surface area contributed by atoms with E-state index < -0.39 is 12.2 Å². The highest BCUT2D eigenvalue weighted by molar-refractivity contribution is 5.85. The normalized spacial score (nSPS) is 25.4. The van der Waals surface area contributed by atoms with Gasteiger partial charge in [-0.05, 0) is 117 Å². The summed E-state index contributed by atoms with van der Waals surface area (Å²) in [5, 5.41) is 2.02. The number of nitrogens with zero attached hydrogens (tertiary/aromatic N) is 6. The first kappa shape index (κ1) is 42.5. The van der Waals surface area contributed by atoms with Crippen LogP contribution in [-0.4, -0.2) is 82.2 Å². The summed E-state index contributed by atoms with van der Waals surface area (Å²) in [5.74, 6) is 5.70.